The summed E-state index contributed by atoms with van der Waals surface area (Å²) >= 11 is 0.149. The van der Waals surface area contributed by atoms with Crippen LogP contribution in [0.4, 0.5) is 0 Å². The molecule has 0 aromatic rings. The molecule has 0 aromatic carbocycles. The van der Waals surface area contributed by atoms with Crippen molar-refractivity contribution < 1.29 is 0 Å². The quantitative estimate of drug-likeness (QED) is 0.488. The number of hydrogen-bond donors (Lipinski definition) is 0. The first-order valence-electron chi connectivity index (χ1n) is 4.12. The summed E-state index contributed by atoms with van der Waals surface area (Å²) in [6.45, 7) is 4.58. The van der Waals surface area contributed by atoms with Gasteiger partial charge in [0, 0.05) is 0 Å². The first-order valence-corrected chi connectivity index (χ1v) is 8.16. The molecule has 0 N–H and O–H groups in total. The van der Waals surface area contributed by atoms with E-state index in [0.29, 0.717) is 0 Å². The average Bonchev–Trinajstić information content (AvgIpc) is 1.89. The maximum absolute atomic E-state index is 2.29. The molecule has 0 heterocycles. The van der Waals surface area contributed by atoms with Gasteiger partial charge in [0.25, 0.3) is 0 Å². The summed E-state index contributed by atoms with van der Waals surface area (Å²) in [5, 5.41) is 0. The summed E-state index contributed by atoms with van der Waals surface area (Å²) in [6.07, 6.45) is 5.84. The van der Waals surface area contributed by atoms with Crippen LogP contribution in [0.25, 0.3) is 0 Å². The van der Waals surface area contributed by atoms with Crippen LogP contribution < -0.4 is 0 Å². The third-order valence-electron chi connectivity index (χ3n) is 1.41. The molecular formula is C8H18Sn-. The van der Waals surface area contributed by atoms with Crippen molar-refractivity contribution in [2.24, 2.45) is 0 Å². The summed E-state index contributed by atoms with van der Waals surface area (Å²) in [7, 11) is 0. The van der Waals surface area contributed by atoms with Crippen LogP contribution >= 0.6 is 0 Å². The predicted molar refractivity (Wildman–Crippen MR) is 45.2 cm³/mol. The molecule has 0 unspecified atom stereocenters. The van der Waals surface area contributed by atoms with Crippen molar-refractivity contribution in [3.63, 3.8) is 0 Å². The minimum absolute atomic E-state index is 0.149. The zero-order valence-electron chi connectivity index (χ0n) is 6.74. The molecule has 0 aliphatic rings. The van der Waals surface area contributed by atoms with Gasteiger partial charge in [-0.1, -0.05) is 0 Å². The van der Waals surface area contributed by atoms with E-state index in [1.807, 2.05) is 0 Å². The van der Waals surface area contributed by atoms with Crippen LogP contribution in [0.3, 0.4) is 0 Å². The Balaban J connectivity index is 2.60. The van der Waals surface area contributed by atoms with E-state index in [2.05, 4.69) is 13.8 Å². The molecule has 1 radical (unpaired) electrons. The number of rotatable bonds is 6. The van der Waals surface area contributed by atoms with Crippen LogP contribution in [0, 0.1) is 0 Å². The van der Waals surface area contributed by atoms with E-state index in [9.17, 15) is 0 Å². The van der Waals surface area contributed by atoms with Gasteiger partial charge >= 0.3 is 69.5 Å². The van der Waals surface area contributed by atoms with E-state index in [1.165, 1.54) is 25.7 Å². The van der Waals surface area contributed by atoms with Crippen molar-refractivity contribution >= 4 is 21.1 Å². The molecule has 0 rings (SSSR count). The van der Waals surface area contributed by atoms with Crippen molar-refractivity contribution in [3.05, 3.63) is 0 Å². The van der Waals surface area contributed by atoms with Gasteiger partial charge in [-0.25, -0.2) is 0 Å². The Labute approximate surface area is 69.6 Å². The van der Waals surface area contributed by atoms with Crippen LogP contribution in [0.5, 0.6) is 0 Å². The van der Waals surface area contributed by atoms with Crippen LogP contribution in [0.15, 0.2) is 0 Å². The van der Waals surface area contributed by atoms with E-state index >= 15 is 0 Å². The topological polar surface area (TPSA) is 0 Å². The number of unbranched alkanes of at least 4 members (excludes halogenated alkanes) is 2. The first-order chi connectivity index (χ1) is 4.41. The number of hydrogen-bond acceptors (Lipinski definition) is 0. The van der Waals surface area contributed by atoms with Crippen LogP contribution in [-0.4, -0.2) is 21.1 Å². The van der Waals surface area contributed by atoms with E-state index in [-0.39, 0.29) is 21.1 Å². The molecule has 0 spiro atoms. The van der Waals surface area contributed by atoms with Gasteiger partial charge in [0.1, 0.15) is 0 Å². The normalized spacial score (nSPS) is 10.0. The predicted octanol–water partition coefficient (Wildman–Crippen LogP) is 3.13. The molecule has 1 heteroatoms. The molecule has 55 valence electrons. The van der Waals surface area contributed by atoms with E-state index in [1.54, 1.807) is 8.87 Å². The zero-order valence-corrected chi connectivity index (χ0v) is 9.60. The van der Waals surface area contributed by atoms with Gasteiger partial charge in [-0.15, -0.1) is 0 Å². The van der Waals surface area contributed by atoms with Crippen molar-refractivity contribution in [2.75, 3.05) is 0 Å². The minimum atomic E-state index is 0.149. The van der Waals surface area contributed by atoms with E-state index in [4.69, 9.17) is 0 Å². The van der Waals surface area contributed by atoms with Crippen molar-refractivity contribution in [1.82, 2.24) is 0 Å². The Bertz CT molecular complexity index is 37.8. The molecule has 0 saturated carbocycles. The van der Waals surface area contributed by atoms with Gasteiger partial charge in [-0.3, -0.25) is 0 Å². The van der Waals surface area contributed by atoms with Crippen molar-refractivity contribution in [1.29, 1.82) is 0 Å². The molecule has 0 bridgehead atoms. The second-order valence-electron chi connectivity index (χ2n) is 2.46. The van der Waals surface area contributed by atoms with Gasteiger partial charge in [0.05, 0.1) is 0 Å². The van der Waals surface area contributed by atoms with E-state index in [0.717, 1.165) is 0 Å². The summed E-state index contributed by atoms with van der Waals surface area (Å²) in [4.78, 5) is 0. The Hall–Kier alpha value is 0.799. The van der Waals surface area contributed by atoms with Gasteiger partial charge in [-0.2, -0.15) is 0 Å². The molecule has 0 fully saturated rings. The van der Waals surface area contributed by atoms with Crippen LogP contribution in [-0.2, 0) is 0 Å². The second kappa shape index (κ2) is 8.80. The SMILES string of the molecule is CCC[CH2][Sn-][CH2]CCC. The Morgan fingerprint density at radius 2 is 1.33 bits per heavy atom. The molecule has 0 saturated heterocycles. The fourth-order valence-electron chi connectivity index (χ4n) is 0.729. The second-order valence-corrected chi connectivity index (χ2v) is 6.74. The van der Waals surface area contributed by atoms with Crippen LogP contribution in [0.2, 0.25) is 8.87 Å². The van der Waals surface area contributed by atoms with Crippen LogP contribution in [0.1, 0.15) is 39.5 Å². The first kappa shape index (κ1) is 9.80. The third kappa shape index (κ3) is 8.80. The summed E-state index contributed by atoms with van der Waals surface area (Å²) in [5.41, 5.74) is 0. The molecule has 0 amide bonds. The third-order valence-corrected chi connectivity index (χ3v) is 5.45. The maximum atomic E-state index is 2.29. The fourth-order valence-corrected chi connectivity index (χ4v) is 4.89. The fraction of sp³-hybridized carbons (Fsp3) is 1.00. The Morgan fingerprint density at radius 3 is 1.67 bits per heavy atom. The molecule has 0 atom stereocenters. The molecule has 0 aliphatic carbocycles. The molecule has 0 aromatic heterocycles. The molecule has 9 heavy (non-hydrogen) atoms. The molecule has 0 nitrogen and oxygen atoms in total. The van der Waals surface area contributed by atoms with E-state index < -0.39 is 0 Å². The van der Waals surface area contributed by atoms with Gasteiger partial charge in [-0.05, 0) is 0 Å². The molecule has 0 aliphatic heterocycles. The summed E-state index contributed by atoms with van der Waals surface area (Å²) in [6, 6.07) is 0. The standard InChI is InChI=1S/2C4H9.Sn/c2*1-3-4-2;/h2*1,3-4H2,2H3;/q;;-1. The monoisotopic (exact) mass is 234 g/mol. The van der Waals surface area contributed by atoms with Gasteiger partial charge in [0.15, 0.2) is 0 Å². The van der Waals surface area contributed by atoms with Crippen molar-refractivity contribution in [3.8, 4) is 0 Å². The Kier molecular flexibility index (Phi) is 9.58. The Morgan fingerprint density at radius 1 is 0.889 bits per heavy atom. The van der Waals surface area contributed by atoms with Crippen molar-refractivity contribution in [2.45, 2.75) is 48.4 Å². The zero-order chi connectivity index (χ0) is 6.95. The average molecular weight is 233 g/mol. The van der Waals surface area contributed by atoms with Gasteiger partial charge in [0.2, 0.25) is 0 Å². The van der Waals surface area contributed by atoms with Gasteiger partial charge < -0.3 is 0 Å². The molecular weight excluding hydrogens is 215 g/mol. The summed E-state index contributed by atoms with van der Waals surface area (Å²) in [5.74, 6) is 0. The summed E-state index contributed by atoms with van der Waals surface area (Å²) < 4.78 is 3.25.